The zero-order valence-electron chi connectivity index (χ0n) is 17.0. The normalized spacial score (nSPS) is 10.5. The van der Waals surface area contributed by atoms with Crippen LogP contribution in [0.2, 0.25) is 5.02 Å². The Labute approximate surface area is 189 Å². The van der Waals surface area contributed by atoms with Crippen molar-refractivity contribution in [3.8, 4) is 17.0 Å². The molecule has 160 valence electrons. The first-order valence-electron chi connectivity index (χ1n) is 9.62. The molecule has 4 aromatic rings. The fraction of sp³-hybridized carbons (Fsp3) is 0.0417. The summed E-state index contributed by atoms with van der Waals surface area (Å²) in [5, 5.41) is 6.39. The highest BCUT2D eigenvalue weighted by atomic mass is 35.5. The van der Waals surface area contributed by atoms with Gasteiger partial charge in [-0.3, -0.25) is 4.79 Å². The zero-order chi connectivity index (χ0) is 22.5. The molecule has 0 aliphatic carbocycles. The number of ether oxygens (including phenoxy) is 1. The molecule has 0 aliphatic rings. The van der Waals surface area contributed by atoms with E-state index in [0.717, 1.165) is 11.3 Å². The van der Waals surface area contributed by atoms with Crippen molar-refractivity contribution in [3.05, 3.63) is 95.5 Å². The van der Waals surface area contributed by atoms with Crippen molar-refractivity contribution in [1.29, 1.82) is 0 Å². The average molecular weight is 449 g/mol. The van der Waals surface area contributed by atoms with E-state index in [1.54, 1.807) is 60.7 Å². The van der Waals surface area contributed by atoms with E-state index < -0.39 is 0 Å². The minimum atomic E-state index is -0.305. The van der Waals surface area contributed by atoms with Gasteiger partial charge >= 0.3 is 0 Å². The average Bonchev–Trinajstić information content (AvgIpc) is 2.80. The number of nitrogens with one attached hydrogen (secondary N) is 2. The highest BCUT2D eigenvalue weighted by Gasteiger charge is 2.09. The second kappa shape index (κ2) is 9.45. The Kier molecular flexibility index (Phi) is 6.28. The summed E-state index contributed by atoms with van der Waals surface area (Å²) in [4.78, 5) is 21.0. The maximum atomic E-state index is 13.1. The van der Waals surface area contributed by atoms with Gasteiger partial charge in [-0.1, -0.05) is 11.6 Å². The Bertz CT molecular complexity index is 1250. The van der Waals surface area contributed by atoms with Gasteiger partial charge in [0.15, 0.2) is 0 Å². The van der Waals surface area contributed by atoms with E-state index in [1.807, 2.05) is 0 Å². The number of carbonyl (C=O) groups is 1. The van der Waals surface area contributed by atoms with Gasteiger partial charge < -0.3 is 15.4 Å². The summed E-state index contributed by atoms with van der Waals surface area (Å²) in [7, 11) is 1.53. The maximum Gasteiger partial charge on any atom is 0.255 e. The Balaban J connectivity index is 1.44. The number of halogens is 2. The second-order valence-corrected chi connectivity index (χ2v) is 7.21. The van der Waals surface area contributed by atoms with Gasteiger partial charge in [0.1, 0.15) is 23.7 Å². The van der Waals surface area contributed by atoms with Crippen molar-refractivity contribution in [2.24, 2.45) is 0 Å². The molecule has 0 radical (unpaired) electrons. The van der Waals surface area contributed by atoms with Gasteiger partial charge in [-0.05, 0) is 66.7 Å². The summed E-state index contributed by atoms with van der Waals surface area (Å²) in [6.45, 7) is 0. The molecular weight excluding hydrogens is 431 g/mol. The zero-order valence-corrected chi connectivity index (χ0v) is 17.7. The van der Waals surface area contributed by atoms with E-state index in [2.05, 4.69) is 20.6 Å². The van der Waals surface area contributed by atoms with Crippen LogP contribution in [0, 0.1) is 5.82 Å². The number of rotatable bonds is 6. The molecule has 8 heteroatoms. The standard InChI is InChI=1S/C24H18ClFN4O2/c1-32-22-11-10-19(12-20(22)25)30-24(31)16-4-8-18(9-5-16)29-23-13-21(27-14-28-23)15-2-6-17(26)7-3-15/h2-14H,1H3,(H,30,31)(H,27,28,29). The smallest absolute Gasteiger partial charge is 0.255 e. The predicted molar refractivity (Wildman–Crippen MR) is 123 cm³/mol. The first-order valence-corrected chi connectivity index (χ1v) is 9.99. The molecule has 0 spiro atoms. The molecule has 0 saturated heterocycles. The summed E-state index contributed by atoms with van der Waals surface area (Å²) in [5.41, 5.74) is 3.24. The largest absolute Gasteiger partial charge is 0.495 e. The predicted octanol–water partition coefficient (Wildman–Crippen LogP) is 5.94. The number of hydrogen-bond acceptors (Lipinski definition) is 5. The minimum Gasteiger partial charge on any atom is -0.495 e. The number of carbonyl (C=O) groups excluding carboxylic acids is 1. The van der Waals surface area contributed by atoms with Crippen molar-refractivity contribution < 1.29 is 13.9 Å². The number of hydrogen-bond donors (Lipinski definition) is 2. The molecule has 0 fully saturated rings. The lowest BCUT2D eigenvalue weighted by Gasteiger charge is -2.10. The summed E-state index contributed by atoms with van der Waals surface area (Å²) in [6.07, 6.45) is 1.43. The van der Waals surface area contributed by atoms with E-state index >= 15 is 0 Å². The fourth-order valence-corrected chi connectivity index (χ4v) is 3.26. The SMILES string of the molecule is COc1ccc(NC(=O)c2ccc(Nc3cc(-c4ccc(F)cc4)ncn3)cc2)cc1Cl. The second-order valence-electron chi connectivity index (χ2n) is 6.80. The molecule has 1 amide bonds. The lowest BCUT2D eigenvalue weighted by Crippen LogP contribution is -2.11. The molecule has 0 saturated carbocycles. The topological polar surface area (TPSA) is 76.1 Å². The molecule has 3 aromatic carbocycles. The van der Waals surface area contributed by atoms with Crippen LogP contribution in [0.5, 0.6) is 5.75 Å². The summed E-state index contributed by atoms with van der Waals surface area (Å²) < 4.78 is 18.3. The first-order chi connectivity index (χ1) is 15.5. The number of amides is 1. The van der Waals surface area contributed by atoms with Gasteiger partial charge in [0.2, 0.25) is 0 Å². The third-order valence-corrected chi connectivity index (χ3v) is 4.93. The molecule has 32 heavy (non-hydrogen) atoms. The van der Waals surface area contributed by atoms with Crippen LogP contribution in [-0.4, -0.2) is 23.0 Å². The summed E-state index contributed by atoms with van der Waals surface area (Å²) in [6, 6.07) is 19.8. The van der Waals surface area contributed by atoms with Crippen molar-refractivity contribution in [3.63, 3.8) is 0 Å². The van der Waals surface area contributed by atoms with Crippen LogP contribution in [0.25, 0.3) is 11.3 Å². The van der Waals surface area contributed by atoms with Crippen LogP contribution in [-0.2, 0) is 0 Å². The number of nitrogens with zero attached hydrogens (tertiary/aromatic N) is 2. The molecule has 1 aromatic heterocycles. The minimum absolute atomic E-state index is 0.265. The van der Waals surface area contributed by atoms with Crippen molar-refractivity contribution in [1.82, 2.24) is 9.97 Å². The van der Waals surface area contributed by atoms with Gasteiger partial charge in [0, 0.05) is 28.6 Å². The number of methoxy groups -OCH3 is 1. The van der Waals surface area contributed by atoms with Crippen LogP contribution >= 0.6 is 11.6 Å². The van der Waals surface area contributed by atoms with Gasteiger partial charge in [-0.15, -0.1) is 0 Å². The Hall–Kier alpha value is -3.97. The highest BCUT2D eigenvalue weighted by Crippen LogP contribution is 2.27. The molecule has 1 heterocycles. The molecule has 0 atom stereocenters. The molecule has 2 N–H and O–H groups in total. The van der Waals surface area contributed by atoms with Gasteiger partial charge in [-0.25, -0.2) is 14.4 Å². The number of benzene rings is 3. The van der Waals surface area contributed by atoms with Crippen molar-refractivity contribution in [2.75, 3.05) is 17.7 Å². The first kappa shape index (κ1) is 21.3. The third kappa shape index (κ3) is 5.01. The molecular formula is C24H18ClFN4O2. The highest BCUT2D eigenvalue weighted by molar-refractivity contribution is 6.32. The summed E-state index contributed by atoms with van der Waals surface area (Å²) in [5.74, 6) is 0.538. The maximum absolute atomic E-state index is 13.1. The van der Waals surface area contributed by atoms with Crippen molar-refractivity contribution >= 4 is 34.7 Å². The van der Waals surface area contributed by atoms with E-state index in [-0.39, 0.29) is 11.7 Å². The quantitative estimate of drug-likeness (QED) is 0.381. The van der Waals surface area contributed by atoms with Crippen LogP contribution < -0.4 is 15.4 Å². The molecule has 0 unspecified atom stereocenters. The Morgan fingerprint density at radius 2 is 1.66 bits per heavy atom. The lowest BCUT2D eigenvalue weighted by molar-refractivity contribution is 0.102. The number of aromatic nitrogens is 2. The monoisotopic (exact) mass is 448 g/mol. The summed E-state index contributed by atoms with van der Waals surface area (Å²) >= 11 is 6.10. The van der Waals surface area contributed by atoms with Gasteiger partial charge in [0.05, 0.1) is 17.8 Å². The van der Waals surface area contributed by atoms with E-state index in [0.29, 0.717) is 33.5 Å². The van der Waals surface area contributed by atoms with Crippen LogP contribution in [0.4, 0.5) is 21.6 Å². The molecule has 4 rings (SSSR count). The molecule has 6 nitrogen and oxygen atoms in total. The fourth-order valence-electron chi connectivity index (χ4n) is 3.00. The Morgan fingerprint density at radius 1 is 0.938 bits per heavy atom. The van der Waals surface area contributed by atoms with E-state index in [4.69, 9.17) is 16.3 Å². The Morgan fingerprint density at radius 3 is 2.34 bits per heavy atom. The number of anilines is 3. The van der Waals surface area contributed by atoms with Gasteiger partial charge in [-0.2, -0.15) is 0 Å². The van der Waals surface area contributed by atoms with Crippen LogP contribution in [0.3, 0.4) is 0 Å². The lowest BCUT2D eigenvalue weighted by atomic mass is 10.1. The van der Waals surface area contributed by atoms with Gasteiger partial charge in [0.25, 0.3) is 5.91 Å². The van der Waals surface area contributed by atoms with Crippen LogP contribution in [0.1, 0.15) is 10.4 Å². The van der Waals surface area contributed by atoms with Crippen LogP contribution in [0.15, 0.2) is 79.1 Å². The molecule has 0 bridgehead atoms. The third-order valence-electron chi connectivity index (χ3n) is 4.64. The van der Waals surface area contributed by atoms with E-state index in [9.17, 15) is 9.18 Å². The van der Waals surface area contributed by atoms with E-state index in [1.165, 1.54) is 25.6 Å². The van der Waals surface area contributed by atoms with Crippen molar-refractivity contribution in [2.45, 2.75) is 0 Å². The molecule has 0 aliphatic heterocycles.